The summed E-state index contributed by atoms with van der Waals surface area (Å²) in [6.07, 6.45) is 2.53. The quantitative estimate of drug-likeness (QED) is 0.846. The van der Waals surface area contributed by atoms with Crippen LogP contribution in [0.3, 0.4) is 0 Å². The molecule has 3 N–H and O–H groups in total. The summed E-state index contributed by atoms with van der Waals surface area (Å²) in [7, 11) is 0. The molecule has 3 nitrogen and oxygen atoms in total. The Bertz CT molecular complexity index is 466. The molecule has 1 aromatic rings. The number of hydrogen-bond donors (Lipinski definition) is 2. The van der Waals surface area contributed by atoms with Crippen molar-refractivity contribution in [3.05, 3.63) is 35.4 Å². The first-order valence-electron chi connectivity index (χ1n) is 6.54. The predicted molar refractivity (Wildman–Crippen MR) is 75.6 cm³/mol. The van der Waals surface area contributed by atoms with E-state index in [1.807, 2.05) is 0 Å². The van der Waals surface area contributed by atoms with Crippen LogP contribution >= 0.6 is 12.4 Å². The van der Waals surface area contributed by atoms with E-state index in [9.17, 15) is 13.6 Å². The zero-order valence-corrected chi connectivity index (χ0v) is 11.9. The van der Waals surface area contributed by atoms with Crippen molar-refractivity contribution >= 4 is 18.3 Å². The van der Waals surface area contributed by atoms with Crippen molar-refractivity contribution < 1.29 is 13.6 Å². The topological polar surface area (TPSA) is 55.1 Å². The Morgan fingerprint density at radius 2 is 2.10 bits per heavy atom. The van der Waals surface area contributed by atoms with Crippen molar-refractivity contribution in [1.82, 2.24) is 5.32 Å². The summed E-state index contributed by atoms with van der Waals surface area (Å²) in [5.41, 5.74) is 5.82. The number of halogens is 3. The van der Waals surface area contributed by atoms with Gasteiger partial charge >= 0.3 is 0 Å². The monoisotopic (exact) mass is 304 g/mol. The summed E-state index contributed by atoms with van der Waals surface area (Å²) in [6, 6.07) is 4.02. The van der Waals surface area contributed by atoms with Gasteiger partial charge in [0, 0.05) is 19.0 Å². The Labute approximate surface area is 123 Å². The van der Waals surface area contributed by atoms with Gasteiger partial charge in [0.25, 0.3) is 0 Å². The van der Waals surface area contributed by atoms with E-state index in [1.54, 1.807) is 0 Å². The van der Waals surface area contributed by atoms with Gasteiger partial charge in [-0.25, -0.2) is 8.78 Å². The first-order chi connectivity index (χ1) is 9.11. The molecular formula is C14H19ClF2N2O. The molecular weight excluding hydrogens is 286 g/mol. The summed E-state index contributed by atoms with van der Waals surface area (Å²) in [5.74, 6) is -1.42. The van der Waals surface area contributed by atoms with E-state index >= 15 is 0 Å². The van der Waals surface area contributed by atoms with Crippen molar-refractivity contribution in [1.29, 1.82) is 0 Å². The summed E-state index contributed by atoms with van der Waals surface area (Å²) in [5, 5.41) is 2.85. The van der Waals surface area contributed by atoms with Crippen LogP contribution in [0.1, 0.15) is 24.8 Å². The van der Waals surface area contributed by atoms with Gasteiger partial charge in [-0.05, 0) is 36.8 Å². The second kappa shape index (κ2) is 7.55. The van der Waals surface area contributed by atoms with Gasteiger partial charge in [-0.3, -0.25) is 4.79 Å². The van der Waals surface area contributed by atoms with Crippen LogP contribution in [0, 0.1) is 17.6 Å². The third-order valence-electron chi connectivity index (χ3n) is 3.44. The Balaban J connectivity index is 0.00000200. The molecule has 0 bridgehead atoms. The predicted octanol–water partition coefficient (Wildman–Crippen LogP) is 2.17. The fourth-order valence-electron chi connectivity index (χ4n) is 2.14. The number of amides is 1. The highest BCUT2D eigenvalue weighted by Gasteiger charge is 2.31. The molecule has 1 aromatic carbocycles. The molecule has 1 atom stereocenters. The second-order valence-electron chi connectivity index (χ2n) is 4.96. The molecule has 6 heteroatoms. The van der Waals surface area contributed by atoms with E-state index in [-0.39, 0.29) is 42.8 Å². The fourth-order valence-corrected chi connectivity index (χ4v) is 2.14. The smallest absolute Gasteiger partial charge is 0.220 e. The minimum atomic E-state index is -0.879. The minimum Gasteiger partial charge on any atom is -0.352 e. The molecule has 0 spiro atoms. The maximum absolute atomic E-state index is 13.4. The van der Waals surface area contributed by atoms with Gasteiger partial charge in [0.05, 0.1) is 0 Å². The molecule has 0 heterocycles. The number of carbonyl (C=O) groups is 1. The summed E-state index contributed by atoms with van der Waals surface area (Å²) >= 11 is 0. The third-order valence-corrected chi connectivity index (χ3v) is 3.44. The van der Waals surface area contributed by atoms with Crippen molar-refractivity contribution in [3.63, 3.8) is 0 Å². The van der Waals surface area contributed by atoms with Gasteiger partial charge in [-0.15, -0.1) is 12.4 Å². The highest BCUT2D eigenvalue weighted by Crippen LogP contribution is 2.32. The van der Waals surface area contributed by atoms with Gasteiger partial charge in [0.15, 0.2) is 11.6 Å². The van der Waals surface area contributed by atoms with Crippen molar-refractivity contribution in [3.8, 4) is 0 Å². The molecule has 0 aliphatic heterocycles. The first kappa shape index (κ1) is 16.9. The van der Waals surface area contributed by atoms with Crippen LogP contribution in [0.5, 0.6) is 0 Å². The van der Waals surface area contributed by atoms with E-state index < -0.39 is 11.6 Å². The van der Waals surface area contributed by atoms with Gasteiger partial charge in [-0.2, -0.15) is 0 Å². The molecule has 0 radical (unpaired) electrons. The molecule has 2 rings (SSSR count). The average molecular weight is 305 g/mol. The highest BCUT2D eigenvalue weighted by atomic mass is 35.5. The third kappa shape index (κ3) is 4.42. The lowest BCUT2D eigenvalue weighted by Gasteiger charge is -2.15. The zero-order valence-electron chi connectivity index (χ0n) is 11.1. The first-order valence-corrected chi connectivity index (χ1v) is 6.54. The fraction of sp³-hybridized carbons (Fsp3) is 0.500. The molecule has 0 aromatic heterocycles. The maximum atomic E-state index is 13.4. The number of hydrogen-bond acceptors (Lipinski definition) is 2. The summed E-state index contributed by atoms with van der Waals surface area (Å²) in [4.78, 5) is 11.7. The minimum absolute atomic E-state index is 0. The van der Waals surface area contributed by atoms with E-state index in [4.69, 9.17) is 5.73 Å². The molecule has 1 aliphatic rings. The number of nitrogens with one attached hydrogen (secondary N) is 1. The number of benzene rings is 1. The lowest BCUT2D eigenvalue weighted by Crippen LogP contribution is -2.41. The van der Waals surface area contributed by atoms with Crippen LogP contribution in [-0.4, -0.2) is 18.5 Å². The van der Waals surface area contributed by atoms with Crippen molar-refractivity contribution in [2.75, 3.05) is 6.54 Å². The number of carbonyl (C=O) groups excluding carboxylic acids is 1. The normalized spacial score (nSPS) is 15.3. The van der Waals surface area contributed by atoms with Crippen LogP contribution in [0.4, 0.5) is 8.78 Å². The Morgan fingerprint density at radius 3 is 2.70 bits per heavy atom. The Kier molecular flexibility index (Phi) is 6.36. The molecule has 1 unspecified atom stereocenters. The highest BCUT2D eigenvalue weighted by molar-refractivity contribution is 5.85. The van der Waals surface area contributed by atoms with Gasteiger partial charge in [-0.1, -0.05) is 12.1 Å². The standard InChI is InChI=1S/C14H18F2N2O.ClH/c15-11-3-1-2-10(14(11)16)6-7-13(19)18-12(8-17)9-4-5-9;/h1-3,9,12H,4-8,17H2,(H,18,19);1H. The van der Waals surface area contributed by atoms with Crippen molar-refractivity contribution in [2.24, 2.45) is 11.7 Å². The maximum Gasteiger partial charge on any atom is 0.220 e. The SMILES string of the molecule is Cl.NCC(NC(=O)CCc1cccc(F)c1F)C1CC1. The lowest BCUT2D eigenvalue weighted by atomic mass is 10.1. The van der Waals surface area contributed by atoms with E-state index in [1.165, 1.54) is 12.1 Å². The molecule has 1 amide bonds. The molecule has 112 valence electrons. The van der Waals surface area contributed by atoms with Crippen LogP contribution in [0.2, 0.25) is 0 Å². The van der Waals surface area contributed by atoms with E-state index in [0.29, 0.717) is 12.5 Å². The van der Waals surface area contributed by atoms with Gasteiger partial charge in [0.2, 0.25) is 5.91 Å². The second-order valence-corrected chi connectivity index (χ2v) is 4.96. The van der Waals surface area contributed by atoms with Crippen LogP contribution in [0.15, 0.2) is 18.2 Å². The summed E-state index contributed by atoms with van der Waals surface area (Å²) in [6.45, 7) is 0.421. The Hall–Kier alpha value is -1.20. The van der Waals surface area contributed by atoms with E-state index in [0.717, 1.165) is 18.9 Å². The van der Waals surface area contributed by atoms with Crippen LogP contribution in [-0.2, 0) is 11.2 Å². The number of nitrogens with two attached hydrogens (primary N) is 1. The zero-order chi connectivity index (χ0) is 13.8. The number of rotatable bonds is 6. The van der Waals surface area contributed by atoms with Crippen molar-refractivity contribution in [2.45, 2.75) is 31.7 Å². The molecule has 0 saturated heterocycles. The molecule has 1 fully saturated rings. The van der Waals surface area contributed by atoms with Gasteiger partial charge in [0.1, 0.15) is 0 Å². The average Bonchev–Trinajstić information content (AvgIpc) is 3.22. The Morgan fingerprint density at radius 1 is 1.40 bits per heavy atom. The van der Waals surface area contributed by atoms with Gasteiger partial charge < -0.3 is 11.1 Å². The molecule has 20 heavy (non-hydrogen) atoms. The largest absolute Gasteiger partial charge is 0.352 e. The lowest BCUT2D eigenvalue weighted by molar-refractivity contribution is -0.121. The molecule has 1 saturated carbocycles. The van der Waals surface area contributed by atoms with Crippen LogP contribution in [0.25, 0.3) is 0 Å². The molecule has 1 aliphatic carbocycles. The van der Waals surface area contributed by atoms with E-state index in [2.05, 4.69) is 5.32 Å². The van der Waals surface area contributed by atoms with Crippen LogP contribution < -0.4 is 11.1 Å². The number of aryl methyl sites for hydroxylation is 1. The summed E-state index contributed by atoms with van der Waals surface area (Å²) < 4.78 is 26.4.